The minimum absolute atomic E-state index is 0.0496. The van der Waals surface area contributed by atoms with Gasteiger partial charge in [-0.1, -0.05) is 15.9 Å². The Hall–Kier alpha value is -1.03. The van der Waals surface area contributed by atoms with E-state index in [0.29, 0.717) is 6.42 Å². The highest BCUT2D eigenvalue weighted by Crippen LogP contribution is 2.32. The number of nitrogens with one attached hydrogen (secondary N) is 2. The zero-order valence-electron chi connectivity index (χ0n) is 8.73. The highest BCUT2D eigenvalue weighted by molar-refractivity contribution is 9.10. The van der Waals surface area contributed by atoms with Gasteiger partial charge in [0.05, 0.1) is 11.4 Å². The summed E-state index contributed by atoms with van der Waals surface area (Å²) in [5, 5.41) is 6.24. The molecule has 1 aliphatic rings. The molecule has 1 heterocycles. The van der Waals surface area contributed by atoms with E-state index in [9.17, 15) is 4.79 Å². The first-order valence-corrected chi connectivity index (χ1v) is 5.63. The Kier molecular flexibility index (Phi) is 2.46. The van der Waals surface area contributed by atoms with E-state index in [2.05, 4.69) is 26.6 Å². The Bertz CT molecular complexity index is 415. The van der Waals surface area contributed by atoms with Crippen molar-refractivity contribution in [1.29, 1.82) is 0 Å². The Labute approximate surface area is 97.4 Å². The van der Waals surface area contributed by atoms with Crippen molar-refractivity contribution < 1.29 is 4.79 Å². The SMILES string of the molecule is CC1(C)CC(=O)Nc2ccc(Br)cc2N1. The highest BCUT2D eigenvalue weighted by Gasteiger charge is 2.26. The van der Waals surface area contributed by atoms with Crippen molar-refractivity contribution in [2.75, 3.05) is 10.6 Å². The van der Waals surface area contributed by atoms with Gasteiger partial charge in [0.1, 0.15) is 0 Å². The van der Waals surface area contributed by atoms with E-state index in [1.807, 2.05) is 32.0 Å². The van der Waals surface area contributed by atoms with Crippen LogP contribution in [0.2, 0.25) is 0 Å². The second kappa shape index (κ2) is 3.52. The molecule has 2 N–H and O–H groups in total. The van der Waals surface area contributed by atoms with Crippen molar-refractivity contribution in [1.82, 2.24) is 0 Å². The average Bonchev–Trinajstić information content (AvgIpc) is 2.17. The first-order valence-electron chi connectivity index (χ1n) is 4.84. The molecule has 0 aromatic heterocycles. The quantitative estimate of drug-likeness (QED) is 0.760. The zero-order chi connectivity index (χ0) is 11.1. The molecule has 0 saturated carbocycles. The molecule has 1 aromatic rings. The van der Waals surface area contributed by atoms with Crippen molar-refractivity contribution in [2.24, 2.45) is 0 Å². The van der Waals surface area contributed by atoms with E-state index in [-0.39, 0.29) is 11.4 Å². The van der Waals surface area contributed by atoms with Crippen molar-refractivity contribution in [2.45, 2.75) is 25.8 Å². The summed E-state index contributed by atoms with van der Waals surface area (Å²) in [7, 11) is 0. The van der Waals surface area contributed by atoms with Crippen molar-refractivity contribution in [3.63, 3.8) is 0 Å². The molecule has 0 atom stereocenters. The fraction of sp³-hybridized carbons (Fsp3) is 0.364. The summed E-state index contributed by atoms with van der Waals surface area (Å²) in [5.74, 6) is 0.0496. The Morgan fingerprint density at radius 3 is 2.80 bits per heavy atom. The van der Waals surface area contributed by atoms with E-state index < -0.39 is 0 Å². The van der Waals surface area contributed by atoms with Gasteiger partial charge in [-0.3, -0.25) is 4.79 Å². The summed E-state index contributed by atoms with van der Waals surface area (Å²) < 4.78 is 1.00. The van der Waals surface area contributed by atoms with Gasteiger partial charge in [0.15, 0.2) is 0 Å². The van der Waals surface area contributed by atoms with Gasteiger partial charge in [0.25, 0.3) is 0 Å². The minimum atomic E-state index is -0.212. The maximum atomic E-state index is 11.6. The minimum Gasteiger partial charge on any atom is -0.378 e. The van der Waals surface area contributed by atoms with Gasteiger partial charge in [-0.2, -0.15) is 0 Å². The predicted octanol–water partition coefficient (Wildman–Crippen LogP) is 2.98. The molecule has 3 nitrogen and oxygen atoms in total. The molecule has 0 fully saturated rings. The van der Waals surface area contributed by atoms with Crippen LogP contribution in [0.25, 0.3) is 0 Å². The summed E-state index contributed by atoms with van der Waals surface area (Å²) in [4.78, 5) is 11.6. The van der Waals surface area contributed by atoms with Crippen LogP contribution in [0.3, 0.4) is 0 Å². The molecule has 80 valence electrons. The van der Waals surface area contributed by atoms with Gasteiger partial charge in [0.2, 0.25) is 5.91 Å². The lowest BCUT2D eigenvalue weighted by molar-refractivity contribution is -0.116. The summed E-state index contributed by atoms with van der Waals surface area (Å²) in [6.07, 6.45) is 0.472. The highest BCUT2D eigenvalue weighted by atomic mass is 79.9. The third-order valence-electron chi connectivity index (χ3n) is 2.33. The molecule has 0 saturated heterocycles. The van der Waals surface area contributed by atoms with E-state index in [0.717, 1.165) is 15.8 Å². The zero-order valence-corrected chi connectivity index (χ0v) is 10.3. The van der Waals surface area contributed by atoms with E-state index >= 15 is 0 Å². The third-order valence-corrected chi connectivity index (χ3v) is 2.82. The van der Waals surface area contributed by atoms with Gasteiger partial charge in [0, 0.05) is 16.4 Å². The monoisotopic (exact) mass is 268 g/mol. The van der Waals surface area contributed by atoms with Crippen LogP contribution in [0.4, 0.5) is 11.4 Å². The van der Waals surface area contributed by atoms with Crippen molar-refractivity contribution >= 4 is 33.2 Å². The van der Waals surface area contributed by atoms with Crippen LogP contribution in [0.15, 0.2) is 22.7 Å². The molecule has 1 aliphatic heterocycles. The van der Waals surface area contributed by atoms with Gasteiger partial charge in [-0.15, -0.1) is 0 Å². The lowest BCUT2D eigenvalue weighted by Crippen LogP contribution is -2.32. The maximum absolute atomic E-state index is 11.6. The number of hydrogen-bond donors (Lipinski definition) is 2. The second-order valence-corrected chi connectivity index (χ2v) is 5.34. The second-order valence-electron chi connectivity index (χ2n) is 4.42. The van der Waals surface area contributed by atoms with E-state index in [1.165, 1.54) is 0 Å². The summed E-state index contributed by atoms with van der Waals surface area (Å²) >= 11 is 3.42. The average molecular weight is 269 g/mol. The smallest absolute Gasteiger partial charge is 0.226 e. The normalized spacial score (nSPS) is 18.5. The van der Waals surface area contributed by atoms with Crippen LogP contribution in [0.1, 0.15) is 20.3 Å². The fourth-order valence-corrected chi connectivity index (χ4v) is 2.09. The Morgan fingerprint density at radius 2 is 2.07 bits per heavy atom. The van der Waals surface area contributed by atoms with Gasteiger partial charge in [-0.25, -0.2) is 0 Å². The Morgan fingerprint density at radius 1 is 1.33 bits per heavy atom. The number of carbonyl (C=O) groups is 1. The van der Waals surface area contributed by atoms with Crippen molar-refractivity contribution in [3.8, 4) is 0 Å². The van der Waals surface area contributed by atoms with Gasteiger partial charge >= 0.3 is 0 Å². The molecular weight excluding hydrogens is 256 g/mol. The number of anilines is 2. The molecule has 4 heteroatoms. The fourth-order valence-electron chi connectivity index (χ4n) is 1.73. The van der Waals surface area contributed by atoms with Gasteiger partial charge in [-0.05, 0) is 32.0 Å². The Balaban J connectivity index is 2.45. The summed E-state index contributed by atoms with van der Waals surface area (Å²) in [6, 6.07) is 5.79. The molecule has 15 heavy (non-hydrogen) atoms. The van der Waals surface area contributed by atoms with E-state index in [1.54, 1.807) is 0 Å². The van der Waals surface area contributed by atoms with Crippen LogP contribution in [0.5, 0.6) is 0 Å². The molecule has 0 radical (unpaired) electrons. The number of fused-ring (bicyclic) bond motifs is 1. The van der Waals surface area contributed by atoms with Crippen LogP contribution in [0, 0.1) is 0 Å². The third kappa shape index (κ3) is 2.31. The number of benzene rings is 1. The summed E-state index contributed by atoms with van der Waals surface area (Å²) in [6.45, 7) is 4.03. The molecule has 0 bridgehead atoms. The topological polar surface area (TPSA) is 41.1 Å². The van der Waals surface area contributed by atoms with Crippen LogP contribution >= 0.6 is 15.9 Å². The maximum Gasteiger partial charge on any atom is 0.226 e. The first kappa shape index (κ1) is 10.5. The number of amides is 1. The molecular formula is C11H13BrN2O. The standard InChI is InChI=1S/C11H13BrN2O/c1-11(2)6-10(15)13-8-4-3-7(12)5-9(8)14-11/h3-5,14H,6H2,1-2H3,(H,13,15). The predicted molar refractivity (Wildman–Crippen MR) is 65.1 cm³/mol. The number of rotatable bonds is 0. The molecule has 0 spiro atoms. The van der Waals surface area contributed by atoms with Crippen LogP contribution in [-0.2, 0) is 4.79 Å². The van der Waals surface area contributed by atoms with E-state index in [4.69, 9.17) is 0 Å². The lowest BCUT2D eigenvalue weighted by Gasteiger charge is -2.24. The van der Waals surface area contributed by atoms with Crippen molar-refractivity contribution in [3.05, 3.63) is 22.7 Å². The van der Waals surface area contributed by atoms with Gasteiger partial charge < -0.3 is 10.6 Å². The van der Waals surface area contributed by atoms with Crippen LogP contribution < -0.4 is 10.6 Å². The first-order chi connectivity index (χ1) is 6.96. The largest absolute Gasteiger partial charge is 0.378 e. The number of hydrogen-bond acceptors (Lipinski definition) is 2. The molecule has 1 aromatic carbocycles. The van der Waals surface area contributed by atoms with Crippen LogP contribution in [-0.4, -0.2) is 11.4 Å². The molecule has 0 unspecified atom stereocenters. The molecule has 0 aliphatic carbocycles. The number of carbonyl (C=O) groups excluding carboxylic acids is 1. The summed E-state index contributed by atoms with van der Waals surface area (Å²) in [5.41, 5.74) is 1.59. The molecule has 1 amide bonds. The lowest BCUT2D eigenvalue weighted by atomic mass is 10.0. The molecule has 2 rings (SSSR count). The number of halogens is 1.